The number of hydrogen-bond donors (Lipinski definition) is 1. The van der Waals surface area contributed by atoms with E-state index in [4.69, 9.17) is 0 Å². The summed E-state index contributed by atoms with van der Waals surface area (Å²) >= 11 is 0. The zero-order valence-corrected chi connectivity index (χ0v) is 24.7. The summed E-state index contributed by atoms with van der Waals surface area (Å²) in [5.74, 6) is 1.50. The molecule has 3 saturated heterocycles. The van der Waals surface area contributed by atoms with Gasteiger partial charge in [0.1, 0.15) is 17.8 Å². The number of carbonyl (C=O) groups excluding carboxylic acids is 1. The van der Waals surface area contributed by atoms with Gasteiger partial charge in [-0.25, -0.2) is 22.7 Å². The van der Waals surface area contributed by atoms with E-state index in [0.717, 1.165) is 37.1 Å². The van der Waals surface area contributed by atoms with E-state index >= 15 is 0 Å². The zero-order chi connectivity index (χ0) is 27.9. The van der Waals surface area contributed by atoms with Gasteiger partial charge in [0.05, 0.1) is 6.26 Å². The third-order valence-electron chi connectivity index (χ3n) is 8.78. The molecule has 9 nitrogen and oxygen atoms in total. The molecule has 0 spiro atoms. The Kier molecular flexibility index (Phi) is 7.74. The van der Waals surface area contributed by atoms with Gasteiger partial charge in [-0.2, -0.15) is 0 Å². The molecule has 0 radical (unpaired) electrons. The number of anilines is 1. The van der Waals surface area contributed by atoms with E-state index in [1.54, 1.807) is 4.31 Å². The Hall–Kier alpha value is -2.56. The van der Waals surface area contributed by atoms with Gasteiger partial charge in [-0.05, 0) is 48.1 Å². The van der Waals surface area contributed by atoms with E-state index in [1.165, 1.54) is 18.1 Å². The fourth-order valence-corrected chi connectivity index (χ4v) is 7.22. The number of aromatic nitrogens is 2. The number of amides is 1. The summed E-state index contributed by atoms with van der Waals surface area (Å²) in [6.45, 7) is 13.8. The van der Waals surface area contributed by atoms with Crippen LogP contribution in [0.4, 0.5) is 5.82 Å². The first-order chi connectivity index (χ1) is 18.4. The Morgan fingerprint density at radius 2 is 1.62 bits per heavy atom. The Morgan fingerprint density at radius 3 is 2.18 bits per heavy atom. The molecule has 1 amide bonds. The van der Waals surface area contributed by atoms with Gasteiger partial charge >= 0.3 is 0 Å². The zero-order valence-electron chi connectivity index (χ0n) is 23.9. The lowest BCUT2D eigenvalue weighted by Gasteiger charge is -2.37. The van der Waals surface area contributed by atoms with Crippen molar-refractivity contribution in [1.29, 1.82) is 0 Å². The predicted octanol–water partition coefficient (Wildman–Crippen LogP) is 3.12. The van der Waals surface area contributed by atoms with Crippen LogP contribution in [0, 0.1) is 18.8 Å². The van der Waals surface area contributed by atoms with Crippen molar-refractivity contribution in [2.24, 2.45) is 11.8 Å². The molecule has 0 aliphatic carbocycles. The molecule has 39 heavy (non-hydrogen) atoms. The highest BCUT2D eigenvalue weighted by Crippen LogP contribution is 2.35. The van der Waals surface area contributed by atoms with Gasteiger partial charge in [0.25, 0.3) is 5.91 Å². The Balaban J connectivity index is 1.14. The van der Waals surface area contributed by atoms with Crippen molar-refractivity contribution in [3.05, 3.63) is 53.0 Å². The maximum atomic E-state index is 13.4. The van der Waals surface area contributed by atoms with E-state index < -0.39 is 10.0 Å². The van der Waals surface area contributed by atoms with Gasteiger partial charge in [0.15, 0.2) is 0 Å². The van der Waals surface area contributed by atoms with Crippen molar-refractivity contribution >= 4 is 21.7 Å². The topological polar surface area (TPSA) is 98.7 Å². The highest BCUT2D eigenvalue weighted by molar-refractivity contribution is 7.88. The van der Waals surface area contributed by atoms with Crippen LogP contribution in [-0.2, 0) is 22.0 Å². The number of benzene rings is 1. The molecule has 2 atom stereocenters. The monoisotopic (exact) mass is 554 g/mol. The largest absolute Gasteiger partial charge is 0.366 e. The van der Waals surface area contributed by atoms with Crippen molar-refractivity contribution in [3.8, 4) is 0 Å². The highest BCUT2D eigenvalue weighted by atomic mass is 32.2. The molecule has 10 heteroatoms. The van der Waals surface area contributed by atoms with Crippen LogP contribution in [0.1, 0.15) is 60.8 Å². The summed E-state index contributed by atoms with van der Waals surface area (Å²) in [6.07, 6.45) is 4.64. The van der Waals surface area contributed by atoms with Gasteiger partial charge in [-0.3, -0.25) is 9.69 Å². The van der Waals surface area contributed by atoms with E-state index in [2.05, 4.69) is 65.2 Å². The molecular formula is C29H42N6O3S. The molecule has 5 rings (SSSR count). The molecule has 0 saturated carbocycles. The Bertz CT molecular complexity index is 1290. The van der Waals surface area contributed by atoms with Crippen LogP contribution in [0.5, 0.6) is 0 Å². The molecule has 3 aliphatic rings. The summed E-state index contributed by atoms with van der Waals surface area (Å²) in [6, 6.07) is 9.05. The van der Waals surface area contributed by atoms with Crippen molar-refractivity contribution in [1.82, 2.24) is 24.1 Å². The van der Waals surface area contributed by atoms with Crippen LogP contribution in [-0.4, -0.2) is 90.0 Å². The Labute approximate surface area is 233 Å². The number of nitrogens with zero attached hydrogens (tertiary/aromatic N) is 5. The summed E-state index contributed by atoms with van der Waals surface area (Å²) in [5.41, 5.74) is 3.82. The van der Waals surface area contributed by atoms with E-state index in [0.29, 0.717) is 62.1 Å². The average molecular weight is 555 g/mol. The van der Waals surface area contributed by atoms with E-state index in [-0.39, 0.29) is 11.3 Å². The number of carbonyl (C=O) groups is 1. The standard InChI is InChI=1S/C29H42N6O3S/c1-20-26(31-19-32-27(20)30-14-21-6-8-24(9-7-21)29(2,3)4)28(36)33-12-10-25(11-13-33)34-15-22-17-35(39(5,37)38)18-23(22)16-34/h6-9,19,22-23,25H,10-18H2,1-5H3,(H,30,31,32). The second-order valence-corrected chi connectivity index (χ2v) is 14.6. The van der Waals surface area contributed by atoms with Gasteiger partial charge in [0.2, 0.25) is 10.0 Å². The maximum absolute atomic E-state index is 13.4. The fraction of sp³-hybridized carbons (Fsp3) is 0.621. The third-order valence-corrected chi connectivity index (χ3v) is 10.0. The number of piperidine rings is 1. The molecule has 4 heterocycles. The molecule has 1 N–H and O–H groups in total. The Morgan fingerprint density at radius 1 is 1.00 bits per heavy atom. The predicted molar refractivity (Wildman–Crippen MR) is 153 cm³/mol. The third kappa shape index (κ3) is 6.12. The molecule has 2 aromatic rings. The van der Waals surface area contributed by atoms with Crippen molar-refractivity contribution in [2.45, 2.75) is 58.5 Å². The van der Waals surface area contributed by atoms with Crippen LogP contribution < -0.4 is 5.32 Å². The lowest BCUT2D eigenvalue weighted by atomic mass is 9.87. The van der Waals surface area contributed by atoms with Gasteiger partial charge in [0, 0.05) is 57.4 Å². The normalized spacial score (nSPS) is 23.3. The number of hydrogen-bond acceptors (Lipinski definition) is 7. The first kappa shape index (κ1) is 28.0. The first-order valence-electron chi connectivity index (χ1n) is 14.0. The van der Waals surface area contributed by atoms with E-state index in [1.807, 2.05) is 11.8 Å². The van der Waals surface area contributed by atoms with Crippen LogP contribution in [0.3, 0.4) is 0 Å². The molecule has 1 aromatic heterocycles. The van der Waals surface area contributed by atoms with Gasteiger partial charge in [-0.15, -0.1) is 0 Å². The average Bonchev–Trinajstić information content (AvgIpc) is 3.48. The summed E-state index contributed by atoms with van der Waals surface area (Å²) in [7, 11) is -3.11. The lowest BCUT2D eigenvalue weighted by molar-refractivity contribution is 0.0629. The second-order valence-electron chi connectivity index (χ2n) is 12.6. The summed E-state index contributed by atoms with van der Waals surface area (Å²) in [4.78, 5) is 26.7. The van der Waals surface area contributed by atoms with Crippen molar-refractivity contribution < 1.29 is 13.2 Å². The summed E-state index contributed by atoms with van der Waals surface area (Å²) < 4.78 is 25.5. The minimum Gasteiger partial charge on any atom is -0.366 e. The molecule has 212 valence electrons. The van der Waals surface area contributed by atoms with Crippen LogP contribution in [0.25, 0.3) is 0 Å². The SMILES string of the molecule is Cc1c(NCc2ccc(C(C)(C)C)cc2)ncnc1C(=O)N1CCC(N2CC3CN(S(C)(=O)=O)CC3C2)CC1. The van der Waals surface area contributed by atoms with Crippen molar-refractivity contribution in [3.63, 3.8) is 0 Å². The van der Waals surface area contributed by atoms with Crippen LogP contribution in [0.2, 0.25) is 0 Å². The lowest BCUT2D eigenvalue weighted by Crippen LogP contribution is -2.47. The second kappa shape index (κ2) is 10.8. The molecule has 0 bridgehead atoms. The smallest absolute Gasteiger partial charge is 0.272 e. The summed E-state index contributed by atoms with van der Waals surface area (Å²) in [5, 5.41) is 3.39. The number of likely N-dealkylation sites (tertiary alicyclic amines) is 2. The minimum absolute atomic E-state index is 0.0342. The fourth-order valence-electron chi connectivity index (χ4n) is 6.29. The van der Waals surface area contributed by atoms with Crippen LogP contribution >= 0.6 is 0 Å². The molecule has 3 aliphatic heterocycles. The maximum Gasteiger partial charge on any atom is 0.272 e. The van der Waals surface area contributed by atoms with Gasteiger partial charge in [-0.1, -0.05) is 45.0 Å². The number of fused-ring (bicyclic) bond motifs is 1. The number of sulfonamides is 1. The van der Waals surface area contributed by atoms with Crippen LogP contribution in [0.15, 0.2) is 30.6 Å². The number of rotatable bonds is 6. The van der Waals surface area contributed by atoms with E-state index in [9.17, 15) is 13.2 Å². The molecule has 3 fully saturated rings. The van der Waals surface area contributed by atoms with Gasteiger partial charge < -0.3 is 10.2 Å². The van der Waals surface area contributed by atoms with Crippen molar-refractivity contribution in [2.75, 3.05) is 50.8 Å². The highest BCUT2D eigenvalue weighted by Gasteiger charge is 2.44. The molecular weight excluding hydrogens is 512 g/mol. The minimum atomic E-state index is -3.11. The number of nitrogens with one attached hydrogen (secondary N) is 1. The molecule has 2 unspecified atom stereocenters. The first-order valence-corrected chi connectivity index (χ1v) is 15.9. The molecule has 1 aromatic carbocycles. The quantitative estimate of drug-likeness (QED) is 0.586.